The Kier molecular flexibility index (Phi) is 7.65. The number of amides is 2. The minimum atomic E-state index is -0.654. The number of benzene rings is 2. The molecule has 0 radical (unpaired) electrons. The van der Waals surface area contributed by atoms with E-state index in [-0.39, 0.29) is 19.1 Å². The van der Waals surface area contributed by atoms with Crippen LogP contribution in [0, 0.1) is 0 Å². The highest BCUT2D eigenvalue weighted by atomic mass is 35.5. The number of ether oxygens (including phenoxy) is 1. The van der Waals surface area contributed by atoms with E-state index in [1.54, 1.807) is 29.2 Å². The lowest BCUT2D eigenvalue weighted by atomic mass is 10.0. The Morgan fingerprint density at radius 1 is 1.20 bits per heavy atom. The van der Waals surface area contributed by atoms with Crippen LogP contribution in [0.4, 0.5) is 4.79 Å². The Balaban J connectivity index is 1.53. The molecule has 2 aromatic carbocycles. The zero-order valence-electron chi connectivity index (χ0n) is 19.3. The van der Waals surface area contributed by atoms with Crippen molar-refractivity contribution in [3.63, 3.8) is 0 Å². The van der Waals surface area contributed by atoms with Gasteiger partial charge < -0.3 is 21.1 Å². The summed E-state index contributed by atoms with van der Waals surface area (Å²) in [6.45, 7) is 5.12. The number of pyridine rings is 1. The second-order valence-corrected chi connectivity index (χ2v) is 8.74. The molecule has 2 heterocycles. The second-order valence-electron chi connectivity index (χ2n) is 8.33. The van der Waals surface area contributed by atoms with E-state index in [1.807, 2.05) is 30.3 Å². The highest BCUT2D eigenvalue weighted by Crippen LogP contribution is 2.29. The third kappa shape index (κ3) is 5.45. The number of piperazine rings is 1. The molecule has 8 nitrogen and oxygen atoms in total. The Morgan fingerprint density at radius 3 is 2.77 bits per heavy atom. The molecule has 3 aromatic rings. The maximum atomic E-state index is 13.2. The van der Waals surface area contributed by atoms with E-state index < -0.39 is 12.3 Å². The first-order chi connectivity index (χ1) is 16.9. The summed E-state index contributed by atoms with van der Waals surface area (Å²) in [5.41, 5.74) is 15.6. The van der Waals surface area contributed by atoms with Gasteiger partial charge in [0.1, 0.15) is 6.17 Å². The molecule has 4 N–H and O–H groups in total. The van der Waals surface area contributed by atoms with Gasteiger partial charge >= 0.3 is 6.09 Å². The van der Waals surface area contributed by atoms with Crippen LogP contribution in [-0.2, 0) is 11.3 Å². The molecule has 1 atom stereocenters. The lowest BCUT2D eigenvalue weighted by molar-refractivity contribution is 0.0394. The first-order valence-corrected chi connectivity index (χ1v) is 11.8. The number of carbonyl (C=O) groups is 2. The lowest BCUT2D eigenvalue weighted by Crippen LogP contribution is -2.60. The minimum absolute atomic E-state index is 0.185. The average Bonchev–Trinajstić information content (AvgIpc) is 2.87. The molecule has 0 aliphatic carbocycles. The molecule has 9 heteroatoms. The fourth-order valence-electron chi connectivity index (χ4n) is 4.04. The maximum Gasteiger partial charge on any atom is 0.411 e. The molecular formula is C26H28ClN5O3. The fraction of sp³-hybridized carbons (Fsp3) is 0.269. The third-order valence-electron chi connectivity index (χ3n) is 5.95. The van der Waals surface area contributed by atoms with Crippen LogP contribution in [-0.4, -0.2) is 59.2 Å². The summed E-state index contributed by atoms with van der Waals surface area (Å²) in [5.74, 6) is -0.185. The molecule has 2 amide bonds. The van der Waals surface area contributed by atoms with Gasteiger partial charge in [0.15, 0.2) is 0 Å². The van der Waals surface area contributed by atoms with Crippen molar-refractivity contribution in [3.05, 3.63) is 77.3 Å². The number of carbonyl (C=O) groups excluding carboxylic acids is 2. The van der Waals surface area contributed by atoms with E-state index in [1.165, 1.54) is 4.90 Å². The number of hydrogen-bond acceptors (Lipinski definition) is 6. The van der Waals surface area contributed by atoms with Crippen LogP contribution in [0.1, 0.15) is 22.3 Å². The number of nitrogens with zero attached hydrogens (tertiary/aromatic N) is 3. The highest BCUT2D eigenvalue weighted by molar-refractivity contribution is 6.35. The van der Waals surface area contributed by atoms with Gasteiger partial charge in [-0.1, -0.05) is 41.9 Å². The molecule has 4 rings (SSSR count). The van der Waals surface area contributed by atoms with Gasteiger partial charge in [0.2, 0.25) is 0 Å². The van der Waals surface area contributed by atoms with Gasteiger partial charge in [-0.3, -0.25) is 9.69 Å². The molecule has 0 spiro atoms. The first-order valence-electron chi connectivity index (χ1n) is 11.4. The molecule has 35 heavy (non-hydrogen) atoms. The summed E-state index contributed by atoms with van der Waals surface area (Å²) in [6.07, 6.45) is 1.11. The Hall–Kier alpha value is -3.46. The molecule has 0 bridgehead atoms. The van der Waals surface area contributed by atoms with Crippen molar-refractivity contribution in [1.82, 2.24) is 14.8 Å². The average molecular weight is 494 g/mol. The maximum absolute atomic E-state index is 13.2. The molecule has 1 fully saturated rings. The highest BCUT2D eigenvalue weighted by Gasteiger charge is 2.31. The number of halogens is 1. The molecular weight excluding hydrogens is 466 g/mol. The Morgan fingerprint density at radius 2 is 2.03 bits per heavy atom. The minimum Gasteiger partial charge on any atom is -0.449 e. The van der Waals surface area contributed by atoms with Gasteiger partial charge in [-0.2, -0.15) is 0 Å². The normalized spacial score (nSPS) is 15.8. The van der Waals surface area contributed by atoms with Gasteiger partial charge in [0, 0.05) is 36.1 Å². The van der Waals surface area contributed by atoms with E-state index in [0.717, 1.165) is 16.5 Å². The van der Waals surface area contributed by atoms with Gasteiger partial charge in [-0.15, -0.1) is 6.58 Å². The molecule has 1 saturated heterocycles. The molecule has 1 aliphatic rings. The van der Waals surface area contributed by atoms with Crippen molar-refractivity contribution in [3.8, 4) is 11.3 Å². The molecule has 1 aromatic heterocycles. The van der Waals surface area contributed by atoms with E-state index >= 15 is 0 Å². The molecule has 0 saturated carbocycles. The van der Waals surface area contributed by atoms with Crippen LogP contribution in [0.25, 0.3) is 22.2 Å². The summed E-state index contributed by atoms with van der Waals surface area (Å²) in [7, 11) is 0. The third-order valence-corrected chi connectivity index (χ3v) is 6.27. The van der Waals surface area contributed by atoms with Crippen LogP contribution >= 0.6 is 11.6 Å². The van der Waals surface area contributed by atoms with Crippen LogP contribution in [0.3, 0.4) is 0 Å². The monoisotopic (exact) mass is 493 g/mol. The fourth-order valence-corrected chi connectivity index (χ4v) is 4.30. The topological polar surface area (TPSA) is 115 Å². The summed E-state index contributed by atoms with van der Waals surface area (Å²) in [4.78, 5) is 33.3. The summed E-state index contributed by atoms with van der Waals surface area (Å²) < 4.78 is 5.20. The van der Waals surface area contributed by atoms with E-state index in [9.17, 15) is 9.59 Å². The molecule has 182 valence electrons. The van der Waals surface area contributed by atoms with E-state index in [2.05, 4.69) is 6.58 Å². The van der Waals surface area contributed by atoms with Crippen molar-refractivity contribution in [1.29, 1.82) is 0 Å². The van der Waals surface area contributed by atoms with Crippen LogP contribution in [0.5, 0.6) is 0 Å². The number of nitrogens with two attached hydrogens (primary N) is 2. The second kappa shape index (κ2) is 10.9. The van der Waals surface area contributed by atoms with Gasteiger partial charge in [-0.05, 0) is 36.2 Å². The molecule has 1 aliphatic heterocycles. The number of aromatic nitrogens is 1. The Labute approximate surface area is 209 Å². The van der Waals surface area contributed by atoms with Crippen molar-refractivity contribution in [2.24, 2.45) is 11.5 Å². The largest absolute Gasteiger partial charge is 0.449 e. The number of fused-ring (bicyclic) bond motifs is 1. The lowest BCUT2D eigenvalue weighted by Gasteiger charge is -2.38. The van der Waals surface area contributed by atoms with Gasteiger partial charge in [0.25, 0.3) is 5.91 Å². The van der Waals surface area contributed by atoms with Crippen LogP contribution in [0.15, 0.2) is 61.2 Å². The van der Waals surface area contributed by atoms with Crippen molar-refractivity contribution in [2.45, 2.75) is 19.1 Å². The van der Waals surface area contributed by atoms with E-state index in [0.29, 0.717) is 47.9 Å². The van der Waals surface area contributed by atoms with Gasteiger partial charge in [0.05, 0.1) is 29.4 Å². The standard InChI is InChI=1S/C26H28ClN5O3/c1-2-3-11-35-26(34)32-10-9-31(16-24(32)29)25(33)19-7-8-20-21(27)14-22(30-23(20)13-19)18-6-4-5-17(12-18)15-28/h2,4-8,12-14,24H,1,3,9-11,15-16,28-29H2/t24-/m0/s1. The summed E-state index contributed by atoms with van der Waals surface area (Å²) in [6, 6.07) is 14.9. The van der Waals surface area contributed by atoms with Gasteiger partial charge in [-0.25, -0.2) is 9.78 Å². The smallest absolute Gasteiger partial charge is 0.411 e. The quantitative estimate of drug-likeness (QED) is 0.399. The molecule has 0 unspecified atom stereocenters. The predicted molar refractivity (Wildman–Crippen MR) is 137 cm³/mol. The SMILES string of the molecule is C=CCCOC(=O)N1CCN(C(=O)c2ccc3c(Cl)cc(-c4cccc(CN)c4)nc3c2)C[C@H]1N. The first kappa shape index (κ1) is 24.7. The van der Waals surface area contributed by atoms with E-state index in [4.69, 9.17) is 32.8 Å². The zero-order valence-corrected chi connectivity index (χ0v) is 20.1. The Bertz CT molecular complexity index is 1260. The van der Waals surface area contributed by atoms with Crippen molar-refractivity contribution >= 4 is 34.5 Å². The number of hydrogen-bond donors (Lipinski definition) is 2. The van der Waals surface area contributed by atoms with Crippen molar-refractivity contribution in [2.75, 3.05) is 26.2 Å². The van der Waals surface area contributed by atoms with Crippen LogP contribution in [0.2, 0.25) is 5.02 Å². The van der Waals surface area contributed by atoms with Crippen molar-refractivity contribution < 1.29 is 14.3 Å². The summed E-state index contributed by atoms with van der Waals surface area (Å²) >= 11 is 6.55. The summed E-state index contributed by atoms with van der Waals surface area (Å²) in [5, 5.41) is 1.30. The van der Waals surface area contributed by atoms with Crippen LogP contribution < -0.4 is 11.5 Å². The predicted octanol–water partition coefficient (Wildman–Crippen LogP) is 3.77. The number of rotatable bonds is 6. The zero-order chi connectivity index (χ0) is 24.9.